The summed E-state index contributed by atoms with van der Waals surface area (Å²) in [4.78, 5) is 37.4. The van der Waals surface area contributed by atoms with Gasteiger partial charge in [-0.15, -0.1) is 0 Å². The number of amides is 1. The van der Waals surface area contributed by atoms with Gasteiger partial charge in [-0.3, -0.25) is 14.3 Å². The zero-order valence-electron chi connectivity index (χ0n) is 14.2. The fraction of sp³-hybridized carbons (Fsp3) is 0.333. The Morgan fingerprint density at radius 1 is 1.28 bits per heavy atom. The van der Waals surface area contributed by atoms with Crippen molar-refractivity contribution in [2.75, 3.05) is 14.1 Å². The molecule has 0 radical (unpaired) electrons. The van der Waals surface area contributed by atoms with Crippen LogP contribution in [0.25, 0.3) is 22.6 Å². The third-order valence-electron chi connectivity index (χ3n) is 4.45. The minimum absolute atomic E-state index is 0.0467. The molecule has 0 aliphatic heterocycles. The fourth-order valence-corrected chi connectivity index (χ4v) is 2.84. The van der Waals surface area contributed by atoms with Crippen molar-refractivity contribution in [2.24, 2.45) is 5.92 Å². The third kappa shape index (κ3) is 2.93. The molecule has 2 heterocycles. The van der Waals surface area contributed by atoms with Crippen LogP contribution in [-0.4, -0.2) is 44.4 Å². The van der Waals surface area contributed by atoms with Crippen LogP contribution < -0.4 is 5.69 Å². The van der Waals surface area contributed by atoms with Crippen LogP contribution in [0.3, 0.4) is 0 Å². The summed E-state index contributed by atoms with van der Waals surface area (Å²) in [5.41, 5.74) is 3.06. The minimum Gasteiger partial charge on any atom is -0.345 e. The van der Waals surface area contributed by atoms with Crippen molar-refractivity contribution in [1.82, 2.24) is 24.4 Å². The minimum atomic E-state index is -0.161. The van der Waals surface area contributed by atoms with E-state index in [0.29, 0.717) is 35.0 Å². The summed E-state index contributed by atoms with van der Waals surface area (Å²) < 4.78 is 1.67. The molecule has 1 saturated carbocycles. The van der Waals surface area contributed by atoms with E-state index in [1.807, 2.05) is 12.1 Å². The second kappa shape index (κ2) is 5.84. The van der Waals surface area contributed by atoms with E-state index in [-0.39, 0.29) is 11.6 Å². The lowest BCUT2D eigenvalue weighted by atomic mass is 10.1. The number of benzene rings is 1. The molecule has 3 aromatic rings. The summed E-state index contributed by atoms with van der Waals surface area (Å²) in [7, 11) is 3.44. The van der Waals surface area contributed by atoms with Gasteiger partial charge in [-0.2, -0.15) is 0 Å². The van der Waals surface area contributed by atoms with Gasteiger partial charge in [0.1, 0.15) is 0 Å². The van der Waals surface area contributed by atoms with Crippen LogP contribution in [0.15, 0.2) is 35.3 Å². The van der Waals surface area contributed by atoms with E-state index < -0.39 is 0 Å². The number of nitrogens with one attached hydrogen (secondary N) is 1. The lowest BCUT2D eigenvalue weighted by Gasteiger charge is -2.10. The van der Waals surface area contributed by atoms with Crippen molar-refractivity contribution in [2.45, 2.75) is 19.4 Å². The largest absolute Gasteiger partial charge is 0.345 e. The predicted octanol–water partition coefficient (Wildman–Crippen LogP) is 1.90. The molecule has 0 bridgehead atoms. The van der Waals surface area contributed by atoms with E-state index in [2.05, 4.69) is 15.0 Å². The van der Waals surface area contributed by atoms with E-state index in [0.717, 1.165) is 5.56 Å². The fourth-order valence-electron chi connectivity index (χ4n) is 2.84. The predicted molar refractivity (Wildman–Crippen MR) is 94.3 cm³/mol. The van der Waals surface area contributed by atoms with Crippen LogP contribution >= 0.6 is 0 Å². The number of H-pyrrole nitrogens is 1. The van der Waals surface area contributed by atoms with Gasteiger partial charge < -0.3 is 4.90 Å². The lowest BCUT2D eigenvalue weighted by molar-refractivity contribution is 0.0827. The van der Waals surface area contributed by atoms with Crippen molar-refractivity contribution in [3.05, 3.63) is 46.5 Å². The summed E-state index contributed by atoms with van der Waals surface area (Å²) in [6.07, 6.45) is 4.01. The smallest absolute Gasteiger partial charge is 0.328 e. The zero-order chi connectivity index (χ0) is 17.6. The van der Waals surface area contributed by atoms with E-state index in [1.54, 1.807) is 37.0 Å². The summed E-state index contributed by atoms with van der Waals surface area (Å²) in [6.45, 7) is 0.703. The quantitative estimate of drug-likeness (QED) is 0.788. The van der Waals surface area contributed by atoms with Crippen molar-refractivity contribution in [1.29, 1.82) is 0 Å². The van der Waals surface area contributed by atoms with Crippen LogP contribution in [0.2, 0.25) is 0 Å². The standard InChI is InChI=1S/C18H19N5O2/c1-22(2)17(24)13-7-5-12(6-8-13)14-9-19-16-15(20-14)21-18(25)23(16)10-11-3-4-11/h5-9,11H,3-4,10H2,1-2H3,(H,20,21,25). The highest BCUT2D eigenvalue weighted by Crippen LogP contribution is 2.30. The molecule has 7 heteroatoms. The summed E-state index contributed by atoms with van der Waals surface area (Å²) >= 11 is 0. The number of carbonyl (C=O) groups is 1. The van der Waals surface area contributed by atoms with Crippen molar-refractivity contribution in [3.63, 3.8) is 0 Å². The number of nitrogens with zero attached hydrogens (tertiary/aromatic N) is 4. The average Bonchev–Trinajstić information content (AvgIpc) is 3.38. The first-order valence-electron chi connectivity index (χ1n) is 8.30. The lowest BCUT2D eigenvalue weighted by Crippen LogP contribution is -2.21. The van der Waals surface area contributed by atoms with Crippen LogP contribution in [-0.2, 0) is 6.54 Å². The van der Waals surface area contributed by atoms with Gasteiger partial charge in [-0.25, -0.2) is 14.8 Å². The molecule has 1 aliphatic carbocycles. The molecule has 1 aliphatic rings. The molecule has 1 fully saturated rings. The Morgan fingerprint density at radius 3 is 2.64 bits per heavy atom. The van der Waals surface area contributed by atoms with Gasteiger partial charge in [-0.1, -0.05) is 12.1 Å². The highest BCUT2D eigenvalue weighted by molar-refractivity contribution is 5.94. The second-order valence-corrected chi connectivity index (χ2v) is 6.69. The molecule has 0 spiro atoms. The average molecular weight is 337 g/mol. The van der Waals surface area contributed by atoms with Gasteiger partial charge in [0, 0.05) is 31.8 Å². The maximum Gasteiger partial charge on any atom is 0.328 e. The molecule has 25 heavy (non-hydrogen) atoms. The first-order chi connectivity index (χ1) is 12.0. The summed E-state index contributed by atoms with van der Waals surface area (Å²) in [6, 6.07) is 7.22. The summed E-state index contributed by atoms with van der Waals surface area (Å²) in [5, 5.41) is 0. The first-order valence-corrected chi connectivity index (χ1v) is 8.30. The van der Waals surface area contributed by atoms with Crippen LogP contribution in [0.5, 0.6) is 0 Å². The van der Waals surface area contributed by atoms with Gasteiger partial charge >= 0.3 is 5.69 Å². The van der Waals surface area contributed by atoms with E-state index >= 15 is 0 Å². The number of carbonyl (C=O) groups excluding carboxylic acids is 1. The van der Waals surface area contributed by atoms with Gasteiger partial charge in [0.2, 0.25) is 0 Å². The van der Waals surface area contributed by atoms with Gasteiger partial charge in [0.05, 0.1) is 11.9 Å². The molecule has 0 atom stereocenters. The molecule has 2 aromatic heterocycles. The van der Waals surface area contributed by atoms with E-state index in [4.69, 9.17) is 0 Å². The van der Waals surface area contributed by atoms with E-state index in [9.17, 15) is 9.59 Å². The Labute approximate surface area is 144 Å². The highest BCUT2D eigenvalue weighted by atomic mass is 16.2. The topological polar surface area (TPSA) is 83.9 Å². The SMILES string of the molecule is CN(C)C(=O)c1ccc(-c2cnc3c(n2)[nH]c(=O)n3CC2CC2)cc1. The first kappa shape index (κ1) is 15.6. The van der Waals surface area contributed by atoms with Crippen LogP contribution in [0.4, 0.5) is 0 Å². The Kier molecular flexibility index (Phi) is 3.63. The van der Waals surface area contributed by atoms with Gasteiger partial charge in [0.15, 0.2) is 11.3 Å². The van der Waals surface area contributed by atoms with Gasteiger partial charge in [0.25, 0.3) is 5.91 Å². The van der Waals surface area contributed by atoms with Crippen molar-refractivity contribution < 1.29 is 4.79 Å². The molecule has 1 N–H and O–H groups in total. The van der Waals surface area contributed by atoms with Crippen molar-refractivity contribution in [3.8, 4) is 11.3 Å². The zero-order valence-corrected chi connectivity index (χ0v) is 14.2. The normalized spacial score (nSPS) is 14.0. The maximum atomic E-state index is 12.1. The summed E-state index contributed by atoms with van der Waals surface area (Å²) in [5.74, 6) is 0.537. The Balaban J connectivity index is 1.67. The third-order valence-corrected chi connectivity index (χ3v) is 4.45. The van der Waals surface area contributed by atoms with Gasteiger partial charge in [-0.05, 0) is 30.9 Å². The number of hydrogen-bond donors (Lipinski definition) is 1. The Morgan fingerprint density at radius 2 is 2.00 bits per heavy atom. The number of hydrogen-bond acceptors (Lipinski definition) is 4. The monoisotopic (exact) mass is 337 g/mol. The number of rotatable bonds is 4. The molecule has 1 aromatic carbocycles. The van der Waals surface area contributed by atoms with Crippen molar-refractivity contribution >= 4 is 17.2 Å². The molecular formula is C18H19N5O2. The number of aromatic amines is 1. The molecular weight excluding hydrogens is 318 g/mol. The second-order valence-electron chi connectivity index (χ2n) is 6.69. The molecule has 128 valence electrons. The maximum absolute atomic E-state index is 12.1. The molecule has 7 nitrogen and oxygen atoms in total. The molecule has 4 rings (SSSR count). The van der Waals surface area contributed by atoms with E-state index in [1.165, 1.54) is 17.7 Å². The Bertz CT molecular complexity index is 996. The molecule has 0 saturated heterocycles. The number of fused-ring (bicyclic) bond motifs is 1. The number of imidazole rings is 1. The van der Waals surface area contributed by atoms with Crippen LogP contribution in [0.1, 0.15) is 23.2 Å². The molecule has 1 amide bonds. The number of aromatic nitrogens is 4. The Hall–Kier alpha value is -2.96. The molecule has 0 unspecified atom stereocenters. The van der Waals surface area contributed by atoms with Crippen LogP contribution in [0, 0.1) is 5.92 Å². The highest BCUT2D eigenvalue weighted by Gasteiger charge is 2.24.